The molecule has 0 saturated carbocycles. The Hall–Kier alpha value is -0.570. The molecule has 0 spiro atoms. The zero-order valence-electron chi connectivity index (χ0n) is 12.3. The van der Waals surface area contributed by atoms with Gasteiger partial charge in [-0.05, 0) is 25.3 Å². The fourth-order valence-electron chi connectivity index (χ4n) is 2.08. The summed E-state index contributed by atoms with van der Waals surface area (Å²) in [6, 6.07) is 0. The number of nitrogens with two attached hydrogens (primary N) is 1. The lowest BCUT2D eigenvalue weighted by Gasteiger charge is -2.11. The molecule has 108 valence electrons. The average Bonchev–Trinajstić information content (AvgIpc) is 2.34. The molecule has 1 atom stereocenters. The van der Waals surface area contributed by atoms with Gasteiger partial charge in [-0.1, -0.05) is 52.4 Å². The molecule has 0 rings (SSSR count). The number of amides is 1. The largest absolute Gasteiger partial charge is 0.356 e. The maximum Gasteiger partial charge on any atom is 0.220 e. The molecule has 0 bridgehead atoms. The Bertz CT molecular complexity index is 195. The minimum absolute atomic E-state index is 0.202. The first-order chi connectivity index (χ1) is 8.70. The maximum absolute atomic E-state index is 11.6. The first-order valence-corrected chi connectivity index (χ1v) is 7.67. The molecule has 0 aromatic rings. The molecule has 0 aliphatic rings. The lowest BCUT2D eigenvalue weighted by atomic mass is 9.99. The molecule has 0 aromatic heterocycles. The fraction of sp³-hybridized carbons (Fsp3) is 0.933. The van der Waals surface area contributed by atoms with Crippen molar-refractivity contribution in [3.05, 3.63) is 0 Å². The van der Waals surface area contributed by atoms with Crippen LogP contribution in [0.15, 0.2) is 0 Å². The number of carbonyl (C=O) groups excluding carboxylic acids is 1. The van der Waals surface area contributed by atoms with Crippen molar-refractivity contribution in [1.82, 2.24) is 5.32 Å². The number of hydrogen-bond acceptors (Lipinski definition) is 2. The number of unbranched alkanes of at least 4 members (excludes halogenated alkanes) is 5. The van der Waals surface area contributed by atoms with Crippen LogP contribution in [0.1, 0.15) is 71.6 Å². The van der Waals surface area contributed by atoms with Crippen molar-refractivity contribution < 1.29 is 4.79 Å². The third kappa shape index (κ3) is 11.9. The lowest BCUT2D eigenvalue weighted by Crippen LogP contribution is -2.26. The second-order valence-electron chi connectivity index (χ2n) is 5.36. The highest BCUT2D eigenvalue weighted by atomic mass is 16.1. The van der Waals surface area contributed by atoms with Crippen molar-refractivity contribution in [2.24, 2.45) is 11.7 Å². The number of hydrogen-bond donors (Lipinski definition) is 2. The van der Waals surface area contributed by atoms with Crippen molar-refractivity contribution in [3.8, 4) is 0 Å². The molecule has 1 amide bonds. The van der Waals surface area contributed by atoms with Crippen LogP contribution in [0.2, 0.25) is 0 Å². The molecular formula is C15H32N2O. The second kappa shape index (κ2) is 12.9. The van der Waals surface area contributed by atoms with Gasteiger partial charge in [-0.25, -0.2) is 0 Å². The average molecular weight is 256 g/mol. The van der Waals surface area contributed by atoms with Gasteiger partial charge < -0.3 is 11.1 Å². The normalized spacial score (nSPS) is 12.4. The quantitative estimate of drug-likeness (QED) is 0.527. The van der Waals surface area contributed by atoms with E-state index in [9.17, 15) is 4.79 Å². The summed E-state index contributed by atoms with van der Waals surface area (Å²) in [6.45, 7) is 5.90. The van der Waals surface area contributed by atoms with Crippen molar-refractivity contribution >= 4 is 5.91 Å². The topological polar surface area (TPSA) is 55.1 Å². The molecule has 3 heteroatoms. The van der Waals surface area contributed by atoms with Crippen LogP contribution in [0.5, 0.6) is 0 Å². The minimum Gasteiger partial charge on any atom is -0.356 e. The Kier molecular flexibility index (Phi) is 12.5. The van der Waals surface area contributed by atoms with Gasteiger partial charge in [-0.2, -0.15) is 0 Å². The van der Waals surface area contributed by atoms with Gasteiger partial charge in [-0.3, -0.25) is 4.79 Å². The van der Waals surface area contributed by atoms with Gasteiger partial charge in [0.25, 0.3) is 0 Å². The SMILES string of the molecule is CCCCCCC[C@H](C)CC(=O)NCCCCN. The summed E-state index contributed by atoms with van der Waals surface area (Å²) in [5.74, 6) is 0.717. The summed E-state index contributed by atoms with van der Waals surface area (Å²) in [7, 11) is 0. The predicted octanol–water partition coefficient (Wildman–Crippen LogP) is 3.23. The first kappa shape index (κ1) is 17.4. The standard InChI is InChI=1S/C15H32N2O/c1-3-4-5-6-7-10-14(2)13-15(18)17-12-9-8-11-16/h14H,3-13,16H2,1-2H3,(H,17,18)/t14-/m0/s1. The van der Waals surface area contributed by atoms with Crippen LogP contribution >= 0.6 is 0 Å². The smallest absolute Gasteiger partial charge is 0.220 e. The van der Waals surface area contributed by atoms with Gasteiger partial charge >= 0.3 is 0 Å². The van der Waals surface area contributed by atoms with Gasteiger partial charge in [0.1, 0.15) is 0 Å². The monoisotopic (exact) mass is 256 g/mol. The van der Waals surface area contributed by atoms with E-state index in [1.165, 1.54) is 38.5 Å². The van der Waals surface area contributed by atoms with E-state index in [4.69, 9.17) is 5.73 Å². The van der Waals surface area contributed by atoms with E-state index >= 15 is 0 Å². The molecule has 0 saturated heterocycles. The highest BCUT2D eigenvalue weighted by Gasteiger charge is 2.08. The molecule has 3 N–H and O–H groups in total. The van der Waals surface area contributed by atoms with E-state index in [2.05, 4.69) is 19.2 Å². The Morgan fingerprint density at radius 3 is 2.50 bits per heavy atom. The third-order valence-corrected chi connectivity index (χ3v) is 3.29. The summed E-state index contributed by atoms with van der Waals surface area (Å²) < 4.78 is 0. The molecule has 0 aliphatic carbocycles. The van der Waals surface area contributed by atoms with Crippen LogP contribution in [0.25, 0.3) is 0 Å². The van der Waals surface area contributed by atoms with Crippen LogP contribution in [-0.4, -0.2) is 19.0 Å². The first-order valence-electron chi connectivity index (χ1n) is 7.67. The molecule has 3 nitrogen and oxygen atoms in total. The second-order valence-corrected chi connectivity index (χ2v) is 5.36. The molecule has 0 radical (unpaired) electrons. The van der Waals surface area contributed by atoms with Crippen LogP contribution in [-0.2, 0) is 4.79 Å². The summed E-state index contributed by atoms with van der Waals surface area (Å²) in [5, 5.41) is 2.96. The number of rotatable bonds is 12. The van der Waals surface area contributed by atoms with Crippen molar-refractivity contribution in [1.29, 1.82) is 0 Å². The van der Waals surface area contributed by atoms with Crippen LogP contribution in [0.4, 0.5) is 0 Å². The summed E-state index contributed by atoms with van der Waals surface area (Å²) in [4.78, 5) is 11.6. The molecule has 0 aromatic carbocycles. The van der Waals surface area contributed by atoms with E-state index in [0.717, 1.165) is 19.4 Å². The number of nitrogens with one attached hydrogen (secondary N) is 1. The summed E-state index contributed by atoms with van der Waals surface area (Å²) in [5.41, 5.74) is 5.40. The van der Waals surface area contributed by atoms with Crippen LogP contribution in [0.3, 0.4) is 0 Å². The summed E-state index contributed by atoms with van der Waals surface area (Å²) >= 11 is 0. The molecule has 18 heavy (non-hydrogen) atoms. The van der Waals surface area contributed by atoms with Crippen molar-refractivity contribution in [2.45, 2.75) is 71.6 Å². The fourth-order valence-corrected chi connectivity index (χ4v) is 2.08. The van der Waals surface area contributed by atoms with Crippen molar-refractivity contribution in [2.75, 3.05) is 13.1 Å². The van der Waals surface area contributed by atoms with E-state index in [0.29, 0.717) is 18.9 Å². The Morgan fingerprint density at radius 2 is 1.83 bits per heavy atom. The van der Waals surface area contributed by atoms with Crippen molar-refractivity contribution in [3.63, 3.8) is 0 Å². The maximum atomic E-state index is 11.6. The van der Waals surface area contributed by atoms with E-state index in [-0.39, 0.29) is 5.91 Å². The summed E-state index contributed by atoms with van der Waals surface area (Å²) in [6.07, 6.45) is 10.4. The van der Waals surface area contributed by atoms with Crippen LogP contribution in [0, 0.1) is 5.92 Å². The van der Waals surface area contributed by atoms with Gasteiger partial charge in [0.05, 0.1) is 0 Å². The number of carbonyl (C=O) groups is 1. The lowest BCUT2D eigenvalue weighted by molar-refractivity contribution is -0.121. The molecule has 0 unspecified atom stereocenters. The molecule has 0 aliphatic heterocycles. The van der Waals surface area contributed by atoms with E-state index < -0.39 is 0 Å². The zero-order chi connectivity index (χ0) is 13.6. The van der Waals surface area contributed by atoms with Gasteiger partial charge in [0.2, 0.25) is 5.91 Å². The predicted molar refractivity (Wildman–Crippen MR) is 78.5 cm³/mol. The van der Waals surface area contributed by atoms with Crippen LogP contribution < -0.4 is 11.1 Å². The molecule has 0 fully saturated rings. The third-order valence-electron chi connectivity index (χ3n) is 3.29. The Labute approximate surface area is 113 Å². The van der Waals surface area contributed by atoms with Gasteiger partial charge in [0, 0.05) is 13.0 Å². The van der Waals surface area contributed by atoms with E-state index in [1.807, 2.05) is 0 Å². The minimum atomic E-state index is 0.202. The molecular weight excluding hydrogens is 224 g/mol. The Morgan fingerprint density at radius 1 is 1.11 bits per heavy atom. The zero-order valence-corrected chi connectivity index (χ0v) is 12.3. The Balaban J connectivity index is 3.37. The highest BCUT2D eigenvalue weighted by Crippen LogP contribution is 2.14. The van der Waals surface area contributed by atoms with Gasteiger partial charge in [-0.15, -0.1) is 0 Å². The highest BCUT2D eigenvalue weighted by molar-refractivity contribution is 5.76. The molecule has 0 heterocycles. The van der Waals surface area contributed by atoms with E-state index in [1.54, 1.807) is 0 Å². The van der Waals surface area contributed by atoms with Gasteiger partial charge in [0.15, 0.2) is 0 Å².